The van der Waals surface area contributed by atoms with Gasteiger partial charge in [0.1, 0.15) is 6.54 Å². The average Bonchev–Trinajstić information content (AvgIpc) is 2.75. The Balaban J connectivity index is 2.03. The number of nitrogens with one attached hydrogen (secondary N) is 1. The molecule has 17 heavy (non-hydrogen) atoms. The maximum Gasteiger partial charge on any atom is 0.246 e. The van der Waals surface area contributed by atoms with Crippen LogP contribution in [-0.4, -0.2) is 15.7 Å². The fourth-order valence-electron chi connectivity index (χ4n) is 1.68. The van der Waals surface area contributed by atoms with Crippen molar-refractivity contribution in [3.05, 3.63) is 47.8 Å². The van der Waals surface area contributed by atoms with Gasteiger partial charge in [0.15, 0.2) is 0 Å². The van der Waals surface area contributed by atoms with Crippen molar-refractivity contribution in [3.63, 3.8) is 0 Å². The van der Waals surface area contributed by atoms with E-state index in [9.17, 15) is 4.79 Å². The minimum absolute atomic E-state index is 0.0688. The Kier molecular flexibility index (Phi) is 3.23. The maximum absolute atomic E-state index is 11.7. The van der Waals surface area contributed by atoms with E-state index in [0.29, 0.717) is 0 Å². The van der Waals surface area contributed by atoms with Crippen molar-refractivity contribution >= 4 is 11.6 Å². The first-order valence-electron chi connectivity index (χ1n) is 5.50. The Morgan fingerprint density at radius 3 is 2.88 bits per heavy atom. The number of anilines is 1. The number of amides is 1. The van der Waals surface area contributed by atoms with Crippen molar-refractivity contribution in [2.75, 3.05) is 5.32 Å². The molecule has 2 aromatic rings. The number of carbonyl (C=O) groups excluding carboxylic acids is 1. The van der Waals surface area contributed by atoms with Gasteiger partial charge in [-0.3, -0.25) is 9.48 Å². The van der Waals surface area contributed by atoms with Crippen LogP contribution >= 0.6 is 0 Å². The zero-order chi connectivity index (χ0) is 12.3. The van der Waals surface area contributed by atoms with Crippen LogP contribution in [0.15, 0.2) is 36.7 Å². The van der Waals surface area contributed by atoms with Crippen LogP contribution in [0, 0.1) is 13.8 Å². The summed E-state index contributed by atoms with van der Waals surface area (Å²) in [6.07, 6.45) is 3.42. The topological polar surface area (TPSA) is 46.9 Å². The maximum atomic E-state index is 11.7. The summed E-state index contributed by atoms with van der Waals surface area (Å²) in [5.74, 6) is -0.0688. The summed E-state index contributed by atoms with van der Waals surface area (Å²) in [5.41, 5.74) is 3.11. The molecule has 1 amide bonds. The molecule has 0 saturated heterocycles. The van der Waals surface area contributed by atoms with Gasteiger partial charge in [-0.05, 0) is 31.5 Å². The SMILES string of the molecule is Cc1ccc(NC(=O)Cn2cccn2)c(C)c1. The molecule has 0 bridgehead atoms. The molecule has 88 valence electrons. The molecule has 0 spiro atoms. The third-order valence-electron chi connectivity index (χ3n) is 2.52. The fourth-order valence-corrected chi connectivity index (χ4v) is 1.68. The van der Waals surface area contributed by atoms with Crippen molar-refractivity contribution in [3.8, 4) is 0 Å². The molecule has 0 aliphatic rings. The number of carbonyl (C=O) groups is 1. The highest BCUT2D eigenvalue weighted by atomic mass is 16.2. The van der Waals surface area contributed by atoms with Crippen molar-refractivity contribution in [1.82, 2.24) is 9.78 Å². The number of nitrogens with zero attached hydrogens (tertiary/aromatic N) is 2. The Morgan fingerprint density at radius 2 is 2.24 bits per heavy atom. The second-order valence-electron chi connectivity index (χ2n) is 4.07. The quantitative estimate of drug-likeness (QED) is 0.876. The van der Waals surface area contributed by atoms with Crippen molar-refractivity contribution in [1.29, 1.82) is 0 Å². The molecule has 1 heterocycles. The van der Waals surface area contributed by atoms with E-state index in [1.165, 1.54) is 5.56 Å². The van der Waals surface area contributed by atoms with E-state index in [-0.39, 0.29) is 12.5 Å². The van der Waals surface area contributed by atoms with Gasteiger partial charge in [-0.25, -0.2) is 0 Å². The Morgan fingerprint density at radius 1 is 1.41 bits per heavy atom. The highest BCUT2D eigenvalue weighted by molar-refractivity contribution is 5.91. The number of benzene rings is 1. The lowest BCUT2D eigenvalue weighted by Gasteiger charge is -2.09. The van der Waals surface area contributed by atoms with E-state index >= 15 is 0 Å². The van der Waals surface area contributed by atoms with Crippen LogP contribution in [0.5, 0.6) is 0 Å². The van der Waals surface area contributed by atoms with E-state index in [0.717, 1.165) is 11.3 Å². The third-order valence-corrected chi connectivity index (χ3v) is 2.52. The summed E-state index contributed by atoms with van der Waals surface area (Å²) < 4.78 is 1.60. The predicted molar refractivity (Wildman–Crippen MR) is 66.8 cm³/mol. The lowest BCUT2D eigenvalue weighted by Crippen LogP contribution is -2.19. The first-order valence-corrected chi connectivity index (χ1v) is 5.50. The van der Waals surface area contributed by atoms with E-state index in [4.69, 9.17) is 0 Å². The van der Waals surface area contributed by atoms with Gasteiger partial charge in [0.2, 0.25) is 5.91 Å². The second-order valence-corrected chi connectivity index (χ2v) is 4.07. The highest BCUT2D eigenvalue weighted by Gasteiger charge is 2.05. The van der Waals surface area contributed by atoms with E-state index in [1.54, 1.807) is 23.1 Å². The molecule has 1 aromatic carbocycles. The Labute approximate surface area is 100 Å². The standard InChI is InChI=1S/C13H15N3O/c1-10-4-5-12(11(2)8-10)15-13(17)9-16-7-3-6-14-16/h3-8H,9H2,1-2H3,(H,15,17). The molecule has 0 saturated carbocycles. The zero-order valence-electron chi connectivity index (χ0n) is 9.97. The van der Waals surface area contributed by atoms with E-state index < -0.39 is 0 Å². The summed E-state index contributed by atoms with van der Waals surface area (Å²) in [6.45, 7) is 4.25. The van der Waals surface area contributed by atoms with Gasteiger partial charge >= 0.3 is 0 Å². The van der Waals surface area contributed by atoms with Gasteiger partial charge in [-0.2, -0.15) is 5.10 Å². The number of aromatic nitrogens is 2. The smallest absolute Gasteiger partial charge is 0.246 e. The number of hydrogen-bond acceptors (Lipinski definition) is 2. The Hall–Kier alpha value is -2.10. The average molecular weight is 229 g/mol. The predicted octanol–water partition coefficient (Wildman–Crippen LogP) is 2.14. The summed E-state index contributed by atoms with van der Waals surface area (Å²) >= 11 is 0. The normalized spacial score (nSPS) is 10.2. The summed E-state index contributed by atoms with van der Waals surface area (Å²) in [5, 5.41) is 6.87. The zero-order valence-corrected chi connectivity index (χ0v) is 9.97. The molecule has 0 unspecified atom stereocenters. The molecule has 0 radical (unpaired) electrons. The molecule has 0 atom stereocenters. The lowest BCUT2D eigenvalue weighted by molar-refractivity contribution is -0.116. The first-order chi connectivity index (χ1) is 8.15. The third kappa shape index (κ3) is 2.93. The second kappa shape index (κ2) is 4.82. The monoisotopic (exact) mass is 229 g/mol. The molecule has 0 fully saturated rings. The van der Waals surface area contributed by atoms with Crippen LogP contribution < -0.4 is 5.32 Å². The first kappa shape index (κ1) is 11.4. The molecule has 0 aliphatic heterocycles. The number of hydrogen-bond donors (Lipinski definition) is 1. The van der Waals surface area contributed by atoms with Crippen LogP contribution in [0.3, 0.4) is 0 Å². The van der Waals surface area contributed by atoms with Crippen LogP contribution in [0.2, 0.25) is 0 Å². The fraction of sp³-hybridized carbons (Fsp3) is 0.231. The summed E-state index contributed by atoms with van der Waals surface area (Å²) in [7, 11) is 0. The lowest BCUT2D eigenvalue weighted by atomic mass is 10.1. The van der Waals surface area contributed by atoms with Gasteiger partial charge < -0.3 is 5.32 Å². The van der Waals surface area contributed by atoms with Gasteiger partial charge in [0.05, 0.1) is 0 Å². The van der Waals surface area contributed by atoms with Crippen LogP contribution in [0.25, 0.3) is 0 Å². The molecule has 4 heteroatoms. The summed E-state index contributed by atoms with van der Waals surface area (Å²) in [6, 6.07) is 7.75. The van der Waals surface area contributed by atoms with E-state index in [1.807, 2.05) is 32.0 Å². The molecular weight excluding hydrogens is 214 g/mol. The molecule has 1 N–H and O–H groups in total. The van der Waals surface area contributed by atoms with Crippen molar-refractivity contribution in [2.45, 2.75) is 20.4 Å². The molecule has 0 aliphatic carbocycles. The number of aryl methyl sites for hydroxylation is 2. The van der Waals surface area contributed by atoms with Crippen molar-refractivity contribution in [2.24, 2.45) is 0 Å². The van der Waals surface area contributed by atoms with E-state index in [2.05, 4.69) is 10.4 Å². The molecule has 2 rings (SSSR count). The summed E-state index contributed by atoms with van der Waals surface area (Å²) in [4.78, 5) is 11.7. The molecular formula is C13H15N3O. The minimum Gasteiger partial charge on any atom is -0.324 e. The van der Waals surface area contributed by atoms with Crippen LogP contribution in [0.1, 0.15) is 11.1 Å². The Bertz CT molecular complexity index is 517. The van der Waals surface area contributed by atoms with Gasteiger partial charge in [0, 0.05) is 18.1 Å². The highest BCUT2D eigenvalue weighted by Crippen LogP contribution is 2.15. The van der Waals surface area contributed by atoms with Gasteiger partial charge in [-0.1, -0.05) is 17.7 Å². The van der Waals surface area contributed by atoms with Crippen LogP contribution in [-0.2, 0) is 11.3 Å². The van der Waals surface area contributed by atoms with Gasteiger partial charge in [-0.15, -0.1) is 0 Å². The minimum atomic E-state index is -0.0688. The van der Waals surface area contributed by atoms with Crippen LogP contribution in [0.4, 0.5) is 5.69 Å². The van der Waals surface area contributed by atoms with Gasteiger partial charge in [0.25, 0.3) is 0 Å². The number of rotatable bonds is 3. The molecule has 1 aromatic heterocycles. The largest absolute Gasteiger partial charge is 0.324 e. The van der Waals surface area contributed by atoms with Crippen molar-refractivity contribution < 1.29 is 4.79 Å². The molecule has 4 nitrogen and oxygen atoms in total.